The lowest BCUT2D eigenvalue weighted by atomic mass is 9.92. The third kappa shape index (κ3) is 4.41. The van der Waals surface area contributed by atoms with Crippen LogP contribution in [0.2, 0.25) is 0 Å². The van der Waals surface area contributed by atoms with Gasteiger partial charge in [0.25, 0.3) is 0 Å². The van der Waals surface area contributed by atoms with Gasteiger partial charge in [-0.25, -0.2) is 0 Å². The number of methoxy groups -OCH3 is 1. The van der Waals surface area contributed by atoms with Gasteiger partial charge in [-0.3, -0.25) is 4.79 Å². The van der Waals surface area contributed by atoms with Crippen LogP contribution in [0.5, 0.6) is 17.2 Å². The summed E-state index contributed by atoms with van der Waals surface area (Å²) < 4.78 is 5.61. The van der Waals surface area contributed by atoms with Gasteiger partial charge in [0, 0.05) is 4.47 Å². The molecule has 0 saturated heterocycles. The molecule has 0 aliphatic rings. The first-order valence-corrected chi connectivity index (χ1v) is 8.28. The second-order valence-corrected chi connectivity index (χ2v) is 6.35. The van der Waals surface area contributed by atoms with E-state index in [9.17, 15) is 20.1 Å². The zero-order valence-corrected chi connectivity index (χ0v) is 14.8. The van der Waals surface area contributed by atoms with Crippen molar-refractivity contribution in [1.29, 1.82) is 0 Å². The molecule has 0 aliphatic heterocycles. The van der Waals surface area contributed by atoms with Gasteiger partial charge in [-0.2, -0.15) is 0 Å². The number of ether oxygens (including phenoxy) is 1. The quantitative estimate of drug-likeness (QED) is 0.658. The minimum Gasteiger partial charge on any atom is -0.508 e. The molecule has 0 fully saturated rings. The lowest BCUT2D eigenvalue weighted by molar-refractivity contribution is -0.139. The highest BCUT2D eigenvalue weighted by Gasteiger charge is 2.23. The van der Waals surface area contributed by atoms with E-state index in [1.165, 1.54) is 13.2 Å². The summed E-state index contributed by atoms with van der Waals surface area (Å²) >= 11 is 3.35. The van der Waals surface area contributed by atoms with Gasteiger partial charge in [0.05, 0.1) is 13.0 Å². The Balaban J connectivity index is 2.11. The van der Waals surface area contributed by atoms with E-state index < -0.39 is 11.9 Å². The summed E-state index contributed by atoms with van der Waals surface area (Å²) in [7, 11) is 1.44. The summed E-state index contributed by atoms with van der Waals surface area (Å²) in [5.74, 6) is -1.25. The molecule has 0 spiro atoms. The molecule has 2 rings (SSSR count). The molecule has 0 aliphatic carbocycles. The van der Waals surface area contributed by atoms with E-state index in [1.54, 1.807) is 18.2 Å². The predicted molar refractivity (Wildman–Crippen MR) is 93.8 cm³/mol. The van der Waals surface area contributed by atoms with Crippen molar-refractivity contribution in [3.05, 3.63) is 52.0 Å². The van der Waals surface area contributed by atoms with Crippen molar-refractivity contribution >= 4 is 21.9 Å². The highest BCUT2D eigenvalue weighted by Crippen LogP contribution is 2.37. The van der Waals surface area contributed by atoms with Crippen LogP contribution in [0.1, 0.15) is 29.9 Å². The molecule has 128 valence electrons. The Bertz CT molecular complexity index is 712. The number of hydrogen-bond acceptors (Lipinski definition) is 4. The average Bonchev–Trinajstić information content (AvgIpc) is 2.55. The Morgan fingerprint density at radius 2 is 1.88 bits per heavy atom. The van der Waals surface area contributed by atoms with Gasteiger partial charge in [0.15, 0.2) is 11.5 Å². The smallest absolute Gasteiger partial charge is 0.311 e. The first-order valence-electron chi connectivity index (χ1n) is 7.49. The number of phenols is 2. The van der Waals surface area contributed by atoms with Crippen molar-refractivity contribution in [1.82, 2.24) is 0 Å². The zero-order valence-electron chi connectivity index (χ0n) is 13.2. The Morgan fingerprint density at radius 1 is 1.21 bits per heavy atom. The molecule has 2 aromatic carbocycles. The van der Waals surface area contributed by atoms with E-state index in [2.05, 4.69) is 15.9 Å². The van der Waals surface area contributed by atoms with Crippen LogP contribution in [0.4, 0.5) is 0 Å². The Kier molecular flexibility index (Phi) is 6.09. The number of aliphatic carboxylic acids is 1. The molecule has 0 radical (unpaired) electrons. The van der Waals surface area contributed by atoms with E-state index >= 15 is 0 Å². The van der Waals surface area contributed by atoms with E-state index in [1.807, 2.05) is 12.1 Å². The zero-order chi connectivity index (χ0) is 17.7. The van der Waals surface area contributed by atoms with Crippen LogP contribution in [-0.2, 0) is 11.2 Å². The SMILES string of the molecule is COc1cc(Br)c(C(CCCc2ccc(O)cc2)C(=O)O)cc1O. The number of halogens is 1. The number of benzene rings is 2. The van der Waals surface area contributed by atoms with Crippen LogP contribution in [-0.4, -0.2) is 28.4 Å². The van der Waals surface area contributed by atoms with E-state index in [-0.39, 0.29) is 11.5 Å². The van der Waals surface area contributed by atoms with Crippen LogP contribution >= 0.6 is 15.9 Å². The van der Waals surface area contributed by atoms with Crippen LogP contribution in [0.25, 0.3) is 0 Å². The first kappa shape index (κ1) is 18.1. The maximum atomic E-state index is 11.6. The Hall–Kier alpha value is -2.21. The van der Waals surface area contributed by atoms with E-state index in [4.69, 9.17) is 4.74 Å². The molecular formula is C18H19BrO5. The fourth-order valence-electron chi connectivity index (χ4n) is 2.58. The van der Waals surface area contributed by atoms with Gasteiger partial charge >= 0.3 is 5.97 Å². The minimum absolute atomic E-state index is 0.0829. The number of aromatic hydroxyl groups is 2. The summed E-state index contributed by atoms with van der Waals surface area (Å²) in [5.41, 5.74) is 1.56. The standard InChI is InChI=1S/C18H19BrO5/c1-24-17-10-15(19)14(9-16(17)21)13(18(22)23)4-2-3-11-5-7-12(20)8-6-11/h5-10,13,20-21H,2-4H2,1H3,(H,22,23). The minimum atomic E-state index is -0.939. The lowest BCUT2D eigenvalue weighted by Crippen LogP contribution is -2.13. The number of rotatable bonds is 7. The fourth-order valence-corrected chi connectivity index (χ4v) is 3.17. The van der Waals surface area contributed by atoms with E-state index in [0.717, 1.165) is 5.56 Å². The monoisotopic (exact) mass is 394 g/mol. The third-order valence-corrected chi connectivity index (χ3v) is 4.55. The van der Waals surface area contributed by atoms with E-state index in [0.29, 0.717) is 35.0 Å². The van der Waals surface area contributed by atoms with Gasteiger partial charge in [-0.1, -0.05) is 28.1 Å². The van der Waals surface area contributed by atoms with Crippen LogP contribution < -0.4 is 4.74 Å². The molecular weight excluding hydrogens is 376 g/mol. The predicted octanol–water partition coefficient (Wildman–Crippen LogP) is 4.06. The second-order valence-electron chi connectivity index (χ2n) is 5.50. The molecule has 1 atom stereocenters. The van der Waals surface area contributed by atoms with Crippen molar-refractivity contribution in [2.45, 2.75) is 25.2 Å². The summed E-state index contributed by atoms with van der Waals surface area (Å²) in [4.78, 5) is 11.6. The molecule has 6 heteroatoms. The van der Waals surface area contributed by atoms with Gasteiger partial charge in [0.1, 0.15) is 5.75 Å². The highest BCUT2D eigenvalue weighted by atomic mass is 79.9. The molecule has 1 unspecified atom stereocenters. The van der Waals surface area contributed by atoms with Crippen LogP contribution in [0.3, 0.4) is 0 Å². The van der Waals surface area contributed by atoms with Gasteiger partial charge in [0.2, 0.25) is 0 Å². The molecule has 5 nitrogen and oxygen atoms in total. The number of hydrogen-bond donors (Lipinski definition) is 3. The molecule has 0 aromatic heterocycles. The average molecular weight is 395 g/mol. The molecule has 0 bridgehead atoms. The molecule has 0 heterocycles. The molecule has 0 saturated carbocycles. The van der Waals surface area contributed by atoms with Crippen molar-refractivity contribution in [3.63, 3.8) is 0 Å². The van der Waals surface area contributed by atoms with Crippen LogP contribution in [0.15, 0.2) is 40.9 Å². The molecule has 0 amide bonds. The van der Waals surface area contributed by atoms with Gasteiger partial charge in [-0.05, 0) is 54.7 Å². The Labute approximate surface area is 148 Å². The maximum Gasteiger partial charge on any atom is 0.311 e. The number of aryl methyl sites for hydroxylation is 1. The maximum absolute atomic E-state index is 11.6. The topological polar surface area (TPSA) is 87.0 Å². The molecule has 2 aromatic rings. The first-order chi connectivity index (χ1) is 11.4. The lowest BCUT2D eigenvalue weighted by Gasteiger charge is -2.16. The van der Waals surface area contributed by atoms with Gasteiger partial charge < -0.3 is 20.1 Å². The summed E-state index contributed by atoms with van der Waals surface area (Å²) in [6.07, 6.45) is 1.81. The van der Waals surface area contributed by atoms with Crippen molar-refractivity contribution in [3.8, 4) is 17.2 Å². The Morgan fingerprint density at radius 3 is 2.46 bits per heavy atom. The highest BCUT2D eigenvalue weighted by molar-refractivity contribution is 9.10. The van der Waals surface area contributed by atoms with Crippen molar-refractivity contribution < 1.29 is 24.9 Å². The number of carboxylic acid groups (broad SMARTS) is 1. The normalized spacial score (nSPS) is 11.9. The van der Waals surface area contributed by atoms with Crippen molar-refractivity contribution in [2.24, 2.45) is 0 Å². The van der Waals surface area contributed by atoms with Gasteiger partial charge in [-0.15, -0.1) is 0 Å². The molecule has 3 N–H and O–H groups in total. The third-order valence-electron chi connectivity index (χ3n) is 3.87. The summed E-state index contributed by atoms with van der Waals surface area (Å²) in [5, 5.41) is 28.7. The van der Waals surface area contributed by atoms with Crippen molar-refractivity contribution in [2.75, 3.05) is 7.11 Å². The largest absolute Gasteiger partial charge is 0.508 e. The number of carbonyl (C=O) groups is 1. The fraction of sp³-hybridized carbons (Fsp3) is 0.278. The summed E-state index contributed by atoms with van der Waals surface area (Å²) in [6.45, 7) is 0. The van der Waals surface area contributed by atoms with Crippen LogP contribution in [0, 0.1) is 0 Å². The molecule has 24 heavy (non-hydrogen) atoms. The number of carboxylic acids is 1. The number of phenolic OH excluding ortho intramolecular Hbond substituents is 2. The second kappa shape index (κ2) is 8.06. The summed E-state index contributed by atoms with van der Waals surface area (Å²) in [6, 6.07) is 9.87.